The second-order valence-electron chi connectivity index (χ2n) is 2.63. The summed E-state index contributed by atoms with van der Waals surface area (Å²) in [6.07, 6.45) is -5.56. The zero-order valence-corrected chi connectivity index (χ0v) is 7.80. The molecule has 1 amide bonds. The molecule has 5 nitrogen and oxygen atoms in total. The van der Waals surface area contributed by atoms with E-state index in [0.717, 1.165) is 7.11 Å². The number of amides is 1. The van der Waals surface area contributed by atoms with Crippen LogP contribution in [-0.4, -0.2) is 42.9 Å². The number of carbonyl (C=O) groups excluding carboxylic acids is 2. The summed E-state index contributed by atoms with van der Waals surface area (Å²) in [4.78, 5) is 21.1. The molecule has 0 aromatic carbocycles. The fourth-order valence-electron chi connectivity index (χ4n) is 0.713. The van der Waals surface area contributed by atoms with E-state index in [1.807, 2.05) is 0 Å². The van der Waals surface area contributed by atoms with Crippen molar-refractivity contribution in [1.29, 1.82) is 0 Å². The Morgan fingerprint density at radius 1 is 1.47 bits per heavy atom. The number of methoxy groups -OCH3 is 1. The number of carbonyl (C=O) groups is 2. The minimum absolute atomic E-state index is 0.519. The zero-order valence-electron chi connectivity index (χ0n) is 7.80. The number of rotatable bonds is 4. The third-order valence-electron chi connectivity index (χ3n) is 1.45. The van der Waals surface area contributed by atoms with Gasteiger partial charge in [-0.15, -0.1) is 0 Å². The Morgan fingerprint density at radius 3 is 2.33 bits per heavy atom. The molecule has 88 valence electrons. The smallest absolute Gasteiger partial charge is 0.469 e. The van der Waals surface area contributed by atoms with Crippen molar-refractivity contribution < 1.29 is 32.6 Å². The molecule has 0 radical (unpaired) electrons. The van der Waals surface area contributed by atoms with Crippen molar-refractivity contribution in [3.8, 4) is 0 Å². The normalized spacial score (nSPS) is 13.1. The second-order valence-corrected chi connectivity index (χ2v) is 2.63. The number of alkyl halides is 3. The van der Waals surface area contributed by atoms with E-state index in [4.69, 9.17) is 5.11 Å². The van der Waals surface area contributed by atoms with E-state index in [-0.39, 0.29) is 0 Å². The van der Waals surface area contributed by atoms with E-state index in [0.29, 0.717) is 0 Å². The van der Waals surface area contributed by atoms with Crippen LogP contribution in [0.2, 0.25) is 0 Å². The summed E-state index contributed by atoms with van der Waals surface area (Å²) in [6.45, 7) is -0.781. The van der Waals surface area contributed by atoms with E-state index in [9.17, 15) is 22.8 Å². The number of halogens is 3. The minimum atomic E-state index is -5.04. The van der Waals surface area contributed by atoms with Crippen molar-refractivity contribution in [2.45, 2.75) is 18.6 Å². The van der Waals surface area contributed by atoms with Crippen molar-refractivity contribution in [1.82, 2.24) is 5.32 Å². The maximum atomic E-state index is 11.8. The molecular weight excluding hydrogens is 219 g/mol. The Balaban J connectivity index is 4.22. The number of hydrogen-bond acceptors (Lipinski definition) is 4. The van der Waals surface area contributed by atoms with Crippen LogP contribution in [0.3, 0.4) is 0 Å². The van der Waals surface area contributed by atoms with Crippen LogP contribution in [0.4, 0.5) is 13.2 Å². The quantitative estimate of drug-likeness (QED) is 0.642. The highest BCUT2D eigenvalue weighted by Gasteiger charge is 2.39. The molecular formula is C7H10F3NO4. The lowest BCUT2D eigenvalue weighted by Gasteiger charge is -2.15. The van der Waals surface area contributed by atoms with E-state index in [1.165, 1.54) is 5.32 Å². The predicted octanol–water partition coefficient (Wildman–Crippen LogP) is -0.411. The highest BCUT2D eigenvalue weighted by molar-refractivity contribution is 5.82. The molecule has 0 saturated heterocycles. The summed E-state index contributed by atoms with van der Waals surface area (Å²) in [6, 6.07) is -1.30. The van der Waals surface area contributed by atoms with Gasteiger partial charge in [0.15, 0.2) is 0 Å². The first-order chi connectivity index (χ1) is 6.81. The van der Waals surface area contributed by atoms with E-state index in [1.54, 1.807) is 0 Å². The van der Waals surface area contributed by atoms with Crippen molar-refractivity contribution in [3.05, 3.63) is 0 Å². The molecule has 8 heteroatoms. The maximum Gasteiger partial charge on any atom is 0.471 e. The van der Waals surface area contributed by atoms with E-state index >= 15 is 0 Å². The lowest BCUT2D eigenvalue weighted by Crippen LogP contribution is -2.45. The Morgan fingerprint density at radius 2 is 2.00 bits per heavy atom. The Hall–Kier alpha value is -1.31. The zero-order chi connectivity index (χ0) is 12.1. The first-order valence-electron chi connectivity index (χ1n) is 3.86. The molecule has 1 atom stereocenters. The average Bonchev–Trinajstić information content (AvgIpc) is 2.14. The van der Waals surface area contributed by atoms with Crippen LogP contribution in [0, 0.1) is 0 Å². The molecule has 0 aliphatic heterocycles. The Labute approximate surface area is 83.2 Å². The van der Waals surface area contributed by atoms with Gasteiger partial charge in [-0.05, 0) is 0 Å². The molecule has 15 heavy (non-hydrogen) atoms. The van der Waals surface area contributed by atoms with Gasteiger partial charge in [0.25, 0.3) is 0 Å². The van der Waals surface area contributed by atoms with Crippen molar-refractivity contribution in [2.24, 2.45) is 0 Å². The van der Waals surface area contributed by atoms with Gasteiger partial charge < -0.3 is 15.2 Å². The van der Waals surface area contributed by atoms with Gasteiger partial charge in [-0.3, -0.25) is 9.59 Å². The largest absolute Gasteiger partial charge is 0.471 e. The number of aliphatic hydroxyl groups is 1. The van der Waals surface area contributed by atoms with Gasteiger partial charge in [0.05, 0.1) is 26.2 Å². The van der Waals surface area contributed by atoms with Gasteiger partial charge >= 0.3 is 18.1 Å². The molecule has 2 N–H and O–H groups in total. The van der Waals surface area contributed by atoms with E-state index < -0.39 is 37.1 Å². The molecule has 0 aromatic heterocycles. The molecule has 0 heterocycles. The average molecular weight is 229 g/mol. The molecule has 0 bridgehead atoms. The molecule has 0 aliphatic rings. The third kappa shape index (κ3) is 5.21. The molecule has 0 fully saturated rings. The monoisotopic (exact) mass is 229 g/mol. The third-order valence-corrected chi connectivity index (χ3v) is 1.45. The topological polar surface area (TPSA) is 75.6 Å². The van der Waals surface area contributed by atoms with Gasteiger partial charge in [-0.25, -0.2) is 0 Å². The van der Waals surface area contributed by atoms with Crippen LogP contribution in [-0.2, 0) is 14.3 Å². The molecule has 0 spiro atoms. The predicted molar refractivity (Wildman–Crippen MR) is 41.7 cm³/mol. The minimum Gasteiger partial charge on any atom is -0.469 e. The summed E-state index contributed by atoms with van der Waals surface area (Å²) in [5.41, 5.74) is 0. The Kier molecular flexibility index (Phi) is 5.06. The number of aliphatic hydroxyl groups excluding tert-OH is 1. The van der Waals surface area contributed by atoms with Crippen LogP contribution in [0.1, 0.15) is 6.42 Å². The van der Waals surface area contributed by atoms with Gasteiger partial charge in [-0.1, -0.05) is 0 Å². The standard InChI is InChI=1S/C7H10F3NO4/c1-15-5(13)2-4(3-12)11-6(14)7(8,9)10/h4,12H,2-3H2,1H3,(H,11,14)/t4-/m0/s1. The lowest BCUT2D eigenvalue weighted by atomic mass is 10.2. The van der Waals surface area contributed by atoms with Crippen LogP contribution in [0.15, 0.2) is 0 Å². The molecule has 0 aliphatic carbocycles. The van der Waals surface area contributed by atoms with Gasteiger partial charge in [0, 0.05) is 0 Å². The number of esters is 1. The van der Waals surface area contributed by atoms with Gasteiger partial charge in [0.2, 0.25) is 0 Å². The first-order valence-corrected chi connectivity index (χ1v) is 3.86. The van der Waals surface area contributed by atoms with Crippen LogP contribution in [0.5, 0.6) is 0 Å². The molecule has 0 unspecified atom stereocenters. The number of nitrogens with one attached hydrogen (secondary N) is 1. The van der Waals surface area contributed by atoms with Crippen molar-refractivity contribution in [2.75, 3.05) is 13.7 Å². The fourth-order valence-corrected chi connectivity index (χ4v) is 0.713. The molecule has 0 saturated carbocycles. The second kappa shape index (κ2) is 5.54. The van der Waals surface area contributed by atoms with E-state index in [2.05, 4.69) is 4.74 Å². The molecule has 0 aromatic rings. The fraction of sp³-hybridized carbons (Fsp3) is 0.714. The van der Waals surface area contributed by atoms with Gasteiger partial charge in [0.1, 0.15) is 0 Å². The van der Waals surface area contributed by atoms with Crippen LogP contribution >= 0.6 is 0 Å². The highest BCUT2D eigenvalue weighted by atomic mass is 19.4. The van der Waals surface area contributed by atoms with Crippen molar-refractivity contribution >= 4 is 11.9 Å². The van der Waals surface area contributed by atoms with Crippen LogP contribution in [0.25, 0.3) is 0 Å². The summed E-state index contributed by atoms with van der Waals surface area (Å²) in [5, 5.41) is 10.1. The van der Waals surface area contributed by atoms with Gasteiger partial charge in [-0.2, -0.15) is 13.2 Å². The van der Waals surface area contributed by atoms with Crippen molar-refractivity contribution in [3.63, 3.8) is 0 Å². The van der Waals surface area contributed by atoms with Crippen LogP contribution < -0.4 is 5.32 Å². The number of hydrogen-bond donors (Lipinski definition) is 2. The Bertz CT molecular complexity index is 241. The maximum absolute atomic E-state index is 11.8. The first kappa shape index (κ1) is 13.7. The summed E-state index contributed by atoms with van der Waals surface area (Å²) in [7, 11) is 1.04. The lowest BCUT2D eigenvalue weighted by molar-refractivity contribution is -0.174. The highest BCUT2D eigenvalue weighted by Crippen LogP contribution is 2.14. The molecule has 0 rings (SSSR count). The number of ether oxygens (including phenoxy) is 1. The summed E-state index contributed by atoms with van der Waals surface area (Å²) >= 11 is 0. The SMILES string of the molecule is COC(=O)C[C@@H](CO)NC(=O)C(F)(F)F. The summed E-state index contributed by atoms with van der Waals surface area (Å²) < 4.78 is 39.4. The summed E-state index contributed by atoms with van der Waals surface area (Å²) in [5.74, 6) is -3.03.